The van der Waals surface area contributed by atoms with Crippen LogP contribution in [0, 0.1) is 20.8 Å². The van der Waals surface area contributed by atoms with Crippen LogP contribution in [0.15, 0.2) is 66.7 Å². The van der Waals surface area contributed by atoms with Crippen molar-refractivity contribution in [2.24, 2.45) is 0 Å². The zero-order valence-electron chi connectivity index (χ0n) is 15.4. The Morgan fingerprint density at radius 1 is 0.846 bits per heavy atom. The summed E-state index contributed by atoms with van der Waals surface area (Å²) in [4.78, 5) is 12.7. The molecule has 0 fully saturated rings. The smallest absolute Gasteiger partial charge is 0.259 e. The molecule has 1 N–H and O–H groups in total. The fourth-order valence-corrected chi connectivity index (χ4v) is 2.99. The third-order valence-electron chi connectivity index (χ3n) is 4.09. The molecule has 3 aromatic rings. The summed E-state index contributed by atoms with van der Waals surface area (Å²) in [7, 11) is 0. The molecule has 3 rings (SSSR count). The molecule has 0 heterocycles. The first-order valence-electron chi connectivity index (χ1n) is 8.68. The standard InChI is InChI=1S/C23H23NO2/c1-16-7-6-8-19(12-16)15-26-22-10-5-4-9-21(22)23(25)24-20-13-17(2)11-18(3)14-20/h4-14H,15H2,1-3H3,(H,24,25). The number of nitrogens with one attached hydrogen (secondary N) is 1. The van der Waals surface area contributed by atoms with Crippen LogP contribution in [-0.4, -0.2) is 5.91 Å². The van der Waals surface area contributed by atoms with E-state index in [4.69, 9.17) is 4.74 Å². The molecule has 3 aromatic carbocycles. The molecule has 0 saturated heterocycles. The fourth-order valence-electron chi connectivity index (χ4n) is 2.99. The average Bonchev–Trinajstić information content (AvgIpc) is 2.59. The van der Waals surface area contributed by atoms with Gasteiger partial charge in [-0.1, -0.05) is 48.0 Å². The van der Waals surface area contributed by atoms with Crippen LogP contribution in [0.2, 0.25) is 0 Å². The molecule has 0 atom stereocenters. The second-order valence-corrected chi connectivity index (χ2v) is 6.60. The number of aryl methyl sites for hydroxylation is 3. The number of amides is 1. The zero-order chi connectivity index (χ0) is 18.5. The van der Waals surface area contributed by atoms with E-state index in [1.165, 1.54) is 5.56 Å². The lowest BCUT2D eigenvalue weighted by Crippen LogP contribution is -2.14. The van der Waals surface area contributed by atoms with Crippen molar-refractivity contribution in [1.29, 1.82) is 0 Å². The van der Waals surface area contributed by atoms with Crippen LogP contribution in [0.5, 0.6) is 5.75 Å². The number of anilines is 1. The van der Waals surface area contributed by atoms with Gasteiger partial charge in [-0.05, 0) is 61.7 Å². The highest BCUT2D eigenvalue weighted by atomic mass is 16.5. The molecule has 132 valence electrons. The first-order chi connectivity index (χ1) is 12.5. The zero-order valence-corrected chi connectivity index (χ0v) is 15.4. The van der Waals surface area contributed by atoms with E-state index in [0.29, 0.717) is 17.9 Å². The van der Waals surface area contributed by atoms with Crippen LogP contribution in [0.4, 0.5) is 5.69 Å². The van der Waals surface area contributed by atoms with Gasteiger partial charge in [-0.15, -0.1) is 0 Å². The van der Waals surface area contributed by atoms with Gasteiger partial charge in [-0.2, -0.15) is 0 Å². The van der Waals surface area contributed by atoms with E-state index in [0.717, 1.165) is 22.4 Å². The van der Waals surface area contributed by atoms with Gasteiger partial charge in [0.05, 0.1) is 5.56 Å². The van der Waals surface area contributed by atoms with Crippen LogP contribution < -0.4 is 10.1 Å². The largest absolute Gasteiger partial charge is 0.488 e. The van der Waals surface area contributed by atoms with Gasteiger partial charge in [0, 0.05) is 5.69 Å². The number of benzene rings is 3. The summed E-state index contributed by atoms with van der Waals surface area (Å²) in [5.74, 6) is 0.408. The van der Waals surface area contributed by atoms with Gasteiger partial charge in [0.25, 0.3) is 5.91 Å². The van der Waals surface area contributed by atoms with Crippen molar-refractivity contribution >= 4 is 11.6 Å². The van der Waals surface area contributed by atoms with Crippen LogP contribution in [0.1, 0.15) is 32.6 Å². The summed E-state index contributed by atoms with van der Waals surface area (Å²) in [5, 5.41) is 2.97. The summed E-state index contributed by atoms with van der Waals surface area (Å²) < 4.78 is 5.92. The Hall–Kier alpha value is -3.07. The SMILES string of the molecule is Cc1cccc(COc2ccccc2C(=O)Nc2cc(C)cc(C)c2)c1. The maximum Gasteiger partial charge on any atom is 0.259 e. The summed E-state index contributed by atoms with van der Waals surface area (Å²) >= 11 is 0. The Balaban J connectivity index is 1.76. The van der Waals surface area contributed by atoms with Gasteiger partial charge in [0.2, 0.25) is 0 Å². The summed E-state index contributed by atoms with van der Waals surface area (Å²) in [6.07, 6.45) is 0. The second kappa shape index (κ2) is 7.87. The number of carbonyl (C=O) groups excluding carboxylic acids is 1. The highest BCUT2D eigenvalue weighted by Gasteiger charge is 2.13. The van der Waals surface area contributed by atoms with Crippen LogP contribution >= 0.6 is 0 Å². The monoisotopic (exact) mass is 345 g/mol. The lowest BCUT2D eigenvalue weighted by molar-refractivity contribution is 0.102. The number of hydrogen-bond acceptors (Lipinski definition) is 2. The van der Waals surface area contributed by atoms with E-state index >= 15 is 0 Å². The van der Waals surface area contributed by atoms with Gasteiger partial charge < -0.3 is 10.1 Å². The highest BCUT2D eigenvalue weighted by Crippen LogP contribution is 2.22. The molecule has 0 spiro atoms. The Morgan fingerprint density at radius 2 is 1.58 bits per heavy atom. The summed E-state index contributed by atoms with van der Waals surface area (Å²) in [6, 6.07) is 21.5. The molecule has 0 aromatic heterocycles. The molecule has 1 amide bonds. The van der Waals surface area contributed by atoms with E-state index in [2.05, 4.69) is 30.4 Å². The Bertz CT molecular complexity index is 911. The van der Waals surface area contributed by atoms with Crippen molar-refractivity contribution in [3.05, 3.63) is 94.5 Å². The number of carbonyl (C=O) groups is 1. The lowest BCUT2D eigenvalue weighted by atomic mass is 10.1. The lowest BCUT2D eigenvalue weighted by Gasteiger charge is -2.13. The van der Waals surface area contributed by atoms with E-state index in [1.807, 2.05) is 56.3 Å². The summed E-state index contributed by atoms with van der Waals surface area (Å²) in [5.41, 5.74) is 5.82. The minimum Gasteiger partial charge on any atom is -0.488 e. The van der Waals surface area contributed by atoms with E-state index < -0.39 is 0 Å². The minimum atomic E-state index is -0.171. The Labute approximate surface area is 154 Å². The minimum absolute atomic E-state index is 0.171. The number of rotatable bonds is 5. The van der Waals surface area contributed by atoms with Gasteiger partial charge in [-0.25, -0.2) is 0 Å². The number of ether oxygens (including phenoxy) is 1. The fraction of sp³-hybridized carbons (Fsp3) is 0.174. The summed E-state index contributed by atoms with van der Waals surface area (Å²) in [6.45, 7) is 6.51. The van der Waals surface area contributed by atoms with Gasteiger partial charge in [-0.3, -0.25) is 4.79 Å². The van der Waals surface area contributed by atoms with Crippen molar-refractivity contribution in [3.8, 4) is 5.75 Å². The number of hydrogen-bond donors (Lipinski definition) is 1. The molecule has 0 radical (unpaired) electrons. The molecule has 26 heavy (non-hydrogen) atoms. The van der Waals surface area contributed by atoms with Crippen LogP contribution in [-0.2, 0) is 6.61 Å². The molecule has 0 aliphatic rings. The molecule has 3 nitrogen and oxygen atoms in total. The molecular weight excluding hydrogens is 322 g/mol. The maximum atomic E-state index is 12.7. The van der Waals surface area contributed by atoms with Gasteiger partial charge in [0.1, 0.15) is 12.4 Å². The predicted octanol–water partition coefficient (Wildman–Crippen LogP) is 5.44. The van der Waals surface area contributed by atoms with Crippen molar-refractivity contribution in [2.75, 3.05) is 5.32 Å². The first kappa shape index (κ1) is 17.7. The van der Waals surface area contributed by atoms with Crippen molar-refractivity contribution in [3.63, 3.8) is 0 Å². The Kier molecular flexibility index (Phi) is 5.37. The van der Waals surface area contributed by atoms with Crippen LogP contribution in [0.25, 0.3) is 0 Å². The number of para-hydroxylation sites is 1. The van der Waals surface area contributed by atoms with Crippen molar-refractivity contribution < 1.29 is 9.53 Å². The topological polar surface area (TPSA) is 38.3 Å². The Morgan fingerprint density at radius 3 is 2.31 bits per heavy atom. The van der Waals surface area contributed by atoms with Crippen molar-refractivity contribution in [1.82, 2.24) is 0 Å². The third-order valence-corrected chi connectivity index (χ3v) is 4.09. The molecular formula is C23H23NO2. The van der Waals surface area contributed by atoms with E-state index in [-0.39, 0.29) is 5.91 Å². The van der Waals surface area contributed by atoms with E-state index in [9.17, 15) is 4.79 Å². The quantitative estimate of drug-likeness (QED) is 0.668. The molecule has 0 unspecified atom stereocenters. The first-order valence-corrected chi connectivity index (χ1v) is 8.68. The third kappa shape index (κ3) is 4.51. The van der Waals surface area contributed by atoms with Gasteiger partial charge in [0.15, 0.2) is 0 Å². The molecule has 0 saturated carbocycles. The highest BCUT2D eigenvalue weighted by molar-refractivity contribution is 6.06. The molecule has 0 aliphatic carbocycles. The normalized spacial score (nSPS) is 10.4. The van der Waals surface area contributed by atoms with Gasteiger partial charge >= 0.3 is 0 Å². The molecule has 3 heteroatoms. The average molecular weight is 345 g/mol. The molecule has 0 bridgehead atoms. The van der Waals surface area contributed by atoms with E-state index in [1.54, 1.807) is 6.07 Å². The predicted molar refractivity (Wildman–Crippen MR) is 106 cm³/mol. The maximum absolute atomic E-state index is 12.7. The van der Waals surface area contributed by atoms with Crippen molar-refractivity contribution in [2.45, 2.75) is 27.4 Å². The second-order valence-electron chi connectivity index (χ2n) is 6.60. The van der Waals surface area contributed by atoms with Crippen LogP contribution in [0.3, 0.4) is 0 Å². The molecule has 0 aliphatic heterocycles.